The van der Waals surface area contributed by atoms with E-state index in [1.165, 1.54) is 12.1 Å². The summed E-state index contributed by atoms with van der Waals surface area (Å²) in [6.45, 7) is 2.11. The fourth-order valence-corrected chi connectivity index (χ4v) is 2.88. The van der Waals surface area contributed by atoms with Crippen molar-refractivity contribution in [3.8, 4) is 0 Å². The average molecular weight is 403 g/mol. The predicted molar refractivity (Wildman–Crippen MR) is 83.7 cm³/mol. The first-order chi connectivity index (χ1) is 8.61. The van der Waals surface area contributed by atoms with Crippen LogP contribution >= 0.6 is 35.0 Å². The standard InChI is InChI=1S/C13H17F2IN2.ClH/c1-17-9-3-2-6-18(7-9)8-10-11(14)4-5-12(16)13(10)15;/h4-5,9,17H,2-3,6-8H2,1H3;1H. The molecule has 1 heterocycles. The highest BCUT2D eigenvalue weighted by Crippen LogP contribution is 2.21. The number of piperidine rings is 1. The highest BCUT2D eigenvalue weighted by Gasteiger charge is 2.21. The van der Waals surface area contributed by atoms with Gasteiger partial charge >= 0.3 is 0 Å². The number of halogens is 4. The van der Waals surface area contributed by atoms with Crippen molar-refractivity contribution in [1.82, 2.24) is 10.2 Å². The maximum atomic E-state index is 13.9. The Labute approximate surface area is 132 Å². The summed E-state index contributed by atoms with van der Waals surface area (Å²) >= 11 is 1.90. The number of hydrogen-bond acceptors (Lipinski definition) is 2. The van der Waals surface area contributed by atoms with Crippen LogP contribution in [0.4, 0.5) is 8.78 Å². The van der Waals surface area contributed by atoms with Crippen molar-refractivity contribution >= 4 is 35.0 Å². The number of rotatable bonds is 3. The SMILES string of the molecule is CNC1CCCN(Cc2c(F)ccc(I)c2F)C1.Cl. The molecule has 0 bridgehead atoms. The summed E-state index contributed by atoms with van der Waals surface area (Å²) in [4.78, 5) is 2.11. The molecule has 1 atom stereocenters. The zero-order valence-corrected chi connectivity index (χ0v) is 13.7. The molecule has 6 heteroatoms. The first-order valence-corrected chi connectivity index (χ1v) is 7.21. The van der Waals surface area contributed by atoms with E-state index in [1.807, 2.05) is 29.6 Å². The third-order valence-corrected chi connectivity index (χ3v) is 4.27. The summed E-state index contributed by atoms with van der Waals surface area (Å²) in [5, 5.41) is 3.23. The van der Waals surface area contributed by atoms with Crippen molar-refractivity contribution in [3.63, 3.8) is 0 Å². The van der Waals surface area contributed by atoms with Crippen LogP contribution in [0.3, 0.4) is 0 Å². The van der Waals surface area contributed by atoms with Crippen LogP contribution in [-0.4, -0.2) is 31.1 Å². The van der Waals surface area contributed by atoms with Crippen molar-refractivity contribution in [2.75, 3.05) is 20.1 Å². The van der Waals surface area contributed by atoms with E-state index >= 15 is 0 Å². The van der Waals surface area contributed by atoms with Crippen molar-refractivity contribution in [2.45, 2.75) is 25.4 Å². The Kier molecular flexibility index (Phi) is 6.93. The minimum Gasteiger partial charge on any atom is -0.316 e. The van der Waals surface area contributed by atoms with E-state index in [0.29, 0.717) is 16.2 Å². The van der Waals surface area contributed by atoms with Crippen molar-refractivity contribution in [1.29, 1.82) is 0 Å². The Bertz CT molecular complexity index is 431. The molecule has 1 aromatic carbocycles. The van der Waals surface area contributed by atoms with E-state index in [2.05, 4.69) is 10.2 Å². The van der Waals surface area contributed by atoms with Crippen LogP contribution in [0.15, 0.2) is 12.1 Å². The molecule has 2 rings (SSSR count). The number of nitrogens with zero attached hydrogens (tertiary/aromatic N) is 1. The second-order valence-corrected chi connectivity index (χ2v) is 5.85. The Morgan fingerprint density at radius 3 is 2.84 bits per heavy atom. The minimum atomic E-state index is -0.445. The summed E-state index contributed by atoms with van der Waals surface area (Å²) in [6.07, 6.45) is 2.20. The molecule has 0 aromatic heterocycles. The van der Waals surface area contributed by atoms with E-state index in [1.54, 1.807) is 0 Å². The van der Waals surface area contributed by atoms with Crippen LogP contribution < -0.4 is 5.32 Å². The molecule has 1 N–H and O–H groups in total. The Hall–Kier alpha value is 0.0200. The summed E-state index contributed by atoms with van der Waals surface area (Å²) in [7, 11) is 1.93. The third-order valence-electron chi connectivity index (χ3n) is 3.43. The van der Waals surface area contributed by atoms with Crippen LogP contribution in [-0.2, 0) is 6.54 Å². The number of benzene rings is 1. The maximum Gasteiger partial charge on any atom is 0.143 e. The molecular formula is C13H18ClF2IN2. The Morgan fingerprint density at radius 1 is 1.42 bits per heavy atom. The number of likely N-dealkylation sites (N-methyl/N-ethyl adjacent to an activating group) is 1. The Balaban J connectivity index is 0.00000180. The predicted octanol–water partition coefficient (Wildman–Crippen LogP) is 3.18. The number of nitrogens with one attached hydrogen (secondary N) is 1. The molecule has 1 saturated heterocycles. The minimum absolute atomic E-state index is 0. The largest absolute Gasteiger partial charge is 0.316 e. The fourth-order valence-electron chi connectivity index (χ4n) is 2.37. The van der Waals surface area contributed by atoms with Crippen LogP contribution in [0.25, 0.3) is 0 Å². The van der Waals surface area contributed by atoms with Gasteiger partial charge in [0.05, 0.1) is 0 Å². The topological polar surface area (TPSA) is 15.3 Å². The molecule has 108 valence electrons. The van der Waals surface area contributed by atoms with E-state index in [4.69, 9.17) is 0 Å². The Morgan fingerprint density at radius 2 is 2.16 bits per heavy atom. The van der Waals surface area contributed by atoms with Gasteiger partial charge in [0, 0.05) is 28.3 Å². The molecule has 2 nitrogen and oxygen atoms in total. The summed E-state index contributed by atoms with van der Waals surface area (Å²) < 4.78 is 28.1. The summed E-state index contributed by atoms with van der Waals surface area (Å²) in [5.41, 5.74) is 0.193. The smallest absolute Gasteiger partial charge is 0.143 e. The molecule has 19 heavy (non-hydrogen) atoms. The van der Waals surface area contributed by atoms with Gasteiger partial charge < -0.3 is 5.32 Å². The fraction of sp³-hybridized carbons (Fsp3) is 0.538. The summed E-state index contributed by atoms with van der Waals surface area (Å²) in [5.74, 6) is -0.860. The summed E-state index contributed by atoms with van der Waals surface area (Å²) in [6, 6.07) is 3.24. The van der Waals surface area contributed by atoms with Gasteiger partial charge in [-0.3, -0.25) is 4.90 Å². The van der Waals surface area contributed by atoms with Crippen LogP contribution in [0.5, 0.6) is 0 Å². The quantitative estimate of drug-likeness (QED) is 0.617. The zero-order valence-electron chi connectivity index (χ0n) is 10.8. The lowest BCUT2D eigenvalue weighted by Gasteiger charge is -2.32. The maximum absolute atomic E-state index is 13.9. The average Bonchev–Trinajstić information content (AvgIpc) is 2.39. The van der Waals surface area contributed by atoms with E-state index in [9.17, 15) is 8.78 Å². The lowest BCUT2D eigenvalue weighted by Crippen LogP contribution is -2.44. The highest BCUT2D eigenvalue weighted by molar-refractivity contribution is 14.1. The molecule has 0 saturated carbocycles. The van der Waals surface area contributed by atoms with Crippen molar-refractivity contribution < 1.29 is 8.78 Å². The number of hydrogen-bond donors (Lipinski definition) is 1. The van der Waals surface area contributed by atoms with Crippen molar-refractivity contribution in [3.05, 3.63) is 32.9 Å². The van der Waals surface area contributed by atoms with Gasteiger partial charge in [0.15, 0.2) is 0 Å². The number of likely N-dealkylation sites (tertiary alicyclic amines) is 1. The van der Waals surface area contributed by atoms with Gasteiger partial charge in [0.2, 0.25) is 0 Å². The highest BCUT2D eigenvalue weighted by atomic mass is 127. The van der Waals surface area contributed by atoms with Gasteiger partial charge in [-0.2, -0.15) is 0 Å². The lowest BCUT2D eigenvalue weighted by molar-refractivity contribution is 0.183. The van der Waals surface area contributed by atoms with Gasteiger partial charge in [0.25, 0.3) is 0 Å². The second kappa shape index (κ2) is 7.71. The molecule has 1 unspecified atom stereocenters. The lowest BCUT2D eigenvalue weighted by atomic mass is 10.0. The van der Waals surface area contributed by atoms with Crippen LogP contribution in [0, 0.1) is 15.2 Å². The molecular weight excluding hydrogens is 385 g/mol. The van der Waals surface area contributed by atoms with Gasteiger partial charge in [-0.15, -0.1) is 12.4 Å². The van der Waals surface area contributed by atoms with E-state index < -0.39 is 11.6 Å². The zero-order chi connectivity index (χ0) is 13.1. The van der Waals surface area contributed by atoms with Crippen LogP contribution in [0.2, 0.25) is 0 Å². The second-order valence-electron chi connectivity index (χ2n) is 4.68. The first-order valence-electron chi connectivity index (χ1n) is 6.14. The van der Waals surface area contributed by atoms with Gasteiger partial charge in [0.1, 0.15) is 11.6 Å². The van der Waals surface area contributed by atoms with E-state index in [0.717, 1.165) is 25.9 Å². The molecule has 0 radical (unpaired) electrons. The van der Waals surface area contributed by atoms with Crippen molar-refractivity contribution in [2.24, 2.45) is 0 Å². The van der Waals surface area contributed by atoms with Gasteiger partial charge in [-0.25, -0.2) is 8.78 Å². The molecule has 1 aliphatic rings. The van der Waals surface area contributed by atoms with Gasteiger partial charge in [-0.1, -0.05) is 0 Å². The monoisotopic (exact) mass is 402 g/mol. The molecule has 1 fully saturated rings. The van der Waals surface area contributed by atoms with E-state index in [-0.39, 0.29) is 18.0 Å². The van der Waals surface area contributed by atoms with Crippen LogP contribution in [0.1, 0.15) is 18.4 Å². The molecule has 0 aliphatic carbocycles. The molecule has 1 aliphatic heterocycles. The third kappa shape index (κ3) is 4.24. The van der Waals surface area contributed by atoms with Gasteiger partial charge in [-0.05, 0) is 61.2 Å². The first kappa shape index (κ1) is 17.1. The normalized spacial score (nSPS) is 20.1. The molecule has 0 amide bonds. The molecule has 0 spiro atoms. The molecule has 1 aromatic rings.